The number of ketones is 1. The number of ether oxygens (including phenoxy) is 1. The molecule has 1 aromatic heterocycles. The van der Waals surface area contributed by atoms with Gasteiger partial charge in [-0.15, -0.1) is 0 Å². The Bertz CT molecular complexity index is 1140. The van der Waals surface area contributed by atoms with Gasteiger partial charge in [-0.1, -0.05) is 48.5 Å². The number of aromatic amines is 1. The number of aliphatic hydroxyl groups excluding tert-OH is 1. The van der Waals surface area contributed by atoms with Gasteiger partial charge in [0.2, 0.25) is 0 Å². The lowest BCUT2D eigenvalue weighted by Crippen LogP contribution is -2.36. The first-order valence-corrected chi connectivity index (χ1v) is 10.2. The molecule has 30 heavy (non-hydrogen) atoms. The molecule has 0 aliphatic carbocycles. The Morgan fingerprint density at radius 3 is 2.63 bits per heavy atom. The van der Waals surface area contributed by atoms with E-state index < -0.39 is 17.7 Å². The summed E-state index contributed by atoms with van der Waals surface area (Å²) in [5.41, 5.74) is 2.27. The zero-order valence-corrected chi connectivity index (χ0v) is 16.4. The molecule has 2 saturated heterocycles. The van der Waals surface area contributed by atoms with Gasteiger partial charge in [0.25, 0.3) is 11.7 Å². The number of likely N-dealkylation sites (tertiary alicyclic amines) is 1. The van der Waals surface area contributed by atoms with Crippen LogP contribution < -0.4 is 0 Å². The van der Waals surface area contributed by atoms with Crippen molar-refractivity contribution < 1.29 is 19.4 Å². The fraction of sp³-hybridized carbons (Fsp3) is 0.250. The molecule has 2 fully saturated rings. The molecule has 3 aromatic rings. The van der Waals surface area contributed by atoms with Crippen molar-refractivity contribution in [3.05, 3.63) is 77.5 Å². The van der Waals surface area contributed by atoms with Crippen molar-refractivity contribution in [2.45, 2.75) is 25.0 Å². The van der Waals surface area contributed by atoms with Crippen LogP contribution in [0.5, 0.6) is 0 Å². The molecule has 2 aliphatic rings. The number of nitrogens with one attached hydrogen (secondary N) is 1. The Balaban J connectivity index is 1.65. The Labute approximate surface area is 173 Å². The number of H-pyrrole nitrogens is 1. The van der Waals surface area contributed by atoms with E-state index in [1.807, 2.05) is 54.6 Å². The van der Waals surface area contributed by atoms with Crippen LogP contribution in [0.1, 0.15) is 30.0 Å². The van der Waals surface area contributed by atoms with Crippen molar-refractivity contribution in [3.8, 4) is 0 Å². The summed E-state index contributed by atoms with van der Waals surface area (Å²) < 4.78 is 5.72. The summed E-state index contributed by atoms with van der Waals surface area (Å²) in [6.07, 6.45) is 3.38. The van der Waals surface area contributed by atoms with Crippen LogP contribution in [0.2, 0.25) is 0 Å². The molecule has 0 radical (unpaired) electrons. The molecule has 5 rings (SSSR count). The Morgan fingerprint density at radius 1 is 1.10 bits per heavy atom. The van der Waals surface area contributed by atoms with E-state index in [0.29, 0.717) is 18.7 Å². The highest BCUT2D eigenvalue weighted by atomic mass is 16.5. The van der Waals surface area contributed by atoms with Gasteiger partial charge in [-0.3, -0.25) is 9.59 Å². The lowest BCUT2D eigenvalue weighted by Gasteiger charge is -2.27. The third-order valence-corrected chi connectivity index (χ3v) is 5.92. The Hall–Kier alpha value is -3.38. The molecule has 2 N–H and O–H groups in total. The van der Waals surface area contributed by atoms with E-state index in [4.69, 9.17) is 4.74 Å². The van der Waals surface area contributed by atoms with Gasteiger partial charge < -0.3 is 19.7 Å². The Morgan fingerprint density at radius 2 is 1.87 bits per heavy atom. The maximum absolute atomic E-state index is 13.1. The molecule has 6 heteroatoms. The molecule has 0 spiro atoms. The van der Waals surface area contributed by atoms with Gasteiger partial charge in [0.15, 0.2) is 0 Å². The number of carbonyl (C=O) groups excluding carboxylic acids is 2. The molecule has 3 heterocycles. The second-order valence-electron chi connectivity index (χ2n) is 7.75. The normalized spacial score (nSPS) is 23.5. The lowest BCUT2D eigenvalue weighted by atomic mass is 9.95. The first-order chi connectivity index (χ1) is 14.6. The van der Waals surface area contributed by atoms with Crippen LogP contribution in [0.25, 0.3) is 16.7 Å². The van der Waals surface area contributed by atoms with Gasteiger partial charge in [0.05, 0.1) is 17.7 Å². The number of nitrogens with zero attached hydrogens (tertiary/aromatic N) is 1. The first kappa shape index (κ1) is 18.6. The van der Waals surface area contributed by atoms with Gasteiger partial charge >= 0.3 is 0 Å². The van der Waals surface area contributed by atoms with Gasteiger partial charge in [0.1, 0.15) is 5.76 Å². The minimum Gasteiger partial charge on any atom is -0.507 e. The molecule has 2 unspecified atom stereocenters. The van der Waals surface area contributed by atoms with E-state index in [1.54, 1.807) is 11.1 Å². The number of Topliss-reactive ketones (excluding diaryl/α,β-unsaturated/α-hetero) is 1. The monoisotopic (exact) mass is 402 g/mol. The van der Waals surface area contributed by atoms with Crippen LogP contribution in [-0.2, 0) is 14.3 Å². The topological polar surface area (TPSA) is 82.6 Å². The van der Waals surface area contributed by atoms with Crippen LogP contribution in [0.15, 0.2) is 66.4 Å². The number of benzene rings is 2. The van der Waals surface area contributed by atoms with Crippen molar-refractivity contribution in [1.82, 2.24) is 9.88 Å². The molecular formula is C24H22N2O4. The Kier molecular flexibility index (Phi) is 4.64. The number of rotatable bonds is 4. The van der Waals surface area contributed by atoms with E-state index in [-0.39, 0.29) is 17.4 Å². The third-order valence-electron chi connectivity index (χ3n) is 5.92. The number of aromatic nitrogens is 1. The molecule has 0 bridgehead atoms. The number of fused-ring (bicyclic) bond motifs is 1. The largest absolute Gasteiger partial charge is 0.507 e. The summed E-state index contributed by atoms with van der Waals surface area (Å²) in [4.78, 5) is 30.7. The summed E-state index contributed by atoms with van der Waals surface area (Å²) in [5, 5.41) is 12.0. The fourth-order valence-corrected chi connectivity index (χ4v) is 4.47. The summed E-state index contributed by atoms with van der Waals surface area (Å²) >= 11 is 0. The molecule has 2 aromatic carbocycles. The second kappa shape index (κ2) is 7.46. The van der Waals surface area contributed by atoms with Crippen LogP contribution in [0, 0.1) is 0 Å². The number of hydrogen-bond acceptors (Lipinski definition) is 4. The third kappa shape index (κ3) is 3.00. The highest BCUT2D eigenvalue weighted by Gasteiger charge is 2.47. The van der Waals surface area contributed by atoms with E-state index in [0.717, 1.165) is 29.3 Å². The van der Waals surface area contributed by atoms with Crippen LogP contribution >= 0.6 is 0 Å². The van der Waals surface area contributed by atoms with Gasteiger partial charge in [-0.2, -0.15) is 0 Å². The fourth-order valence-electron chi connectivity index (χ4n) is 4.47. The zero-order chi connectivity index (χ0) is 20.7. The van der Waals surface area contributed by atoms with Crippen molar-refractivity contribution >= 4 is 28.4 Å². The molecule has 6 nitrogen and oxygen atoms in total. The first-order valence-electron chi connectivity index (χ1n) is 10.2. The van der Waals surface area contributed by atoms with Gasteiger partial charge in [0, 0.05) is 35.8 Å². The van der Waals surface area contributed by atoms with Gasteiger partial charge in [-0.25, -0.2) is 0 Å². The maximum Gasteiger partial charge on any atom is 0.295 e. The number of para-hydroxylation sites is 1. The average molecular weight is 402 g/mol. The van der Waals surface area contributed by atoms with Crippen LogP contribution in [-0.4, -0.2) is 45.9 Å². The predicted molar refractivity (Wildman–Crippen MR) is 113 cm³/mol. The van der Waals surface area contributed by atoms with E-state index in [9.17, 15) is 14.7 Å². The van der Waals surface area contributed by atoms with Crippen molar-refractivity contribution in [2.24, 2.45) is 0 Å². The van der Waals surface area contributed by atoms with Crippen molar-refractivity contribution in [3.63, 3.8) is 0 Å². The summed E-state index contributed by atoms with van der Waals surface area (Å²) in [6.45, 7) is 0.995. The number of amides is 1. The minimum absolute atomic E-state index is 0.0949. The van der Waals surface area contributed by atoms with E-state index in [2.05, 4.69) is 4.98 Å². The van der Waals surface area contributed by atoms with Crippen LogP contribution in [0.4, 0.5) is 0 Å². The quantitative estimate of drug-likeness (QED) is 0.395. The maximum atomic E-state index is 13.1. The highest BCUT2D eigenvalue weighted by molar-refractivity contribution is 6.46. The summed E-state index contributed by atoms with van der Waals surface area (Å²) in [6, 6.07) is 16.3. The lowest BCUT2D eigenvalue weighted by molar-refractivity contribution is -0.140. The van der Waals surface area contributed by atoms with Crippen molar-refractivity contribution in [2.75, 3.05) is 13.2 Å². The van der Waals surface area contributed by atoms with Crippen LogP contribution in [0.3, 0.4) is 0 Å². The highest BCUT2D eigenvalue weighted by Crippen LogP contribution is 2.41. The van der Waals surface area contributed by atoms with E-state index in [1.165, 1.54) is 0 Å². The molecule has 1 amide bonds. The minimum atomic E-state index is -0.662. The number of hydrogen-bond donors (Lipinski definition) is 2. The molecule has 0 saturated carbocycles. The average Bonchev–Trinajstić information content (AvgIpc) is 3.49. The van der Waals surface area contributed by atoms with Crippen molar-refractivity contribution in [1.29, 1.82) is 0 Å². The van der Waals surface area contributed by atoms with Gasteiger partial charge in [-0.05, 0) is 24.5 Å². The smallest absolute Gasteiger partial charge is 0.295 e. The SMILES string of the molecule is O=C1C(=O)N(CC2CCCO2)C(c2ccccc2)/C1=C(/O)c1c[nH]c2ccccc12. The summed E-state index contributed by atoms with van der Waals surface area (Å²) in [7, 11) is 0. The van der Waals surface area contributed by atoms with E-state index >= 15 is 0 Å². The molecule has 2 atom stereocenters. The second-order valence-corrected chi connectivity index (χ2v) is 7.75. The molecule has 152 valence electrons. The zero-order valence-electron chi connectivity index (χ0n) is 16.4. The summed E-state index contributed by atoms with van der Waals surface area (Å²) in [5.74, 6) is -1.42. The molecular weight excluding hydrogens is 380 g/mol. The number of aliphatic hydroxyl groups is 1. The standard InChI is InChI=1S/C24H22N2O4/c27-22(18-13-25-19-11-5-4-10-17(18)19)20-21(15-7-2-1-3-8-15)26(24(29)23(20)28)14-16-9-6-12-30-16/h1-5,7-8,10-11,13,16,21,25,27H,6,9,12,14H2/b22-20-. The number of carbonyl (C=O) groups is 2. The molecule has 2 aliphatic heterocycles. The predicted octanol–water partition coefficient (Wildman–Crippen LogP) is 3.77.